The van der Waals surface area contributed by atoms with Gasteiger partial charge >= 0.3 is 6.03 Å². The molecule has 1 aliphatic rings. The van der Waals surface area contributed by atoms with Gasteiger partial charge in [-0.05, 0) is 44.9 Å². The molecule has 0 saturated heterocycles. The van der Waals surface area contributed by atoms with E-state index in [1.54, 1.807) is 0 Å². The van der Waals surface area contributed by atoms with Crippen LogP contribution in [0.2, 0.25) is 0 Å². The van der Waals surface area contributed by atoms with E-state index >= 15 is 0 Å². The number of amides is 3. The van der Waals surface area contributed by atoms with Gasteiger partial charge in [0.25, 0.3) is 0 Å². The minimum atomic E-state index is -0.0948. The minimum Gasteiger partial charge on any atom is -0.354 e. The zero-order valence-corrected chi connectivity index (χ0v) is 15.1. The summed E-state index contributed by atoms with van der Waals surface area (Å²) in [4.78, 5) is 23.6. The second-order valence-corrected chi connectivity index (χ2v) is 7.28. The predicted octanol–water partition coefficient (Wildman–Crippen LogP) is 3.34. The van der Waals surface area contributed by atoms with E-state index in [9.17, 15) is 9.59 Å². The summed E-state index contributed by atoms with van der Waals surface area (Å²) < 4.78 is 0. The van der Waals surface area contributed by atoms with Crippen LogP contribution in [0.1, 0.15) is 78.6 Å². The van der Waals surface area contributed by atoms with Gasteiger partial charge in [-0.1, -0.05) is 33.1 Å². The van der Waals surface area contributed by atoms with E-state index < -0.39 is 0 Å². The molecule has 0 aliphatic heterocycles. The fraction of sp³-hybridized carbons (Fsp3) is 0.889. The molecule has 0 aromatic carbocycles. The summed E-state index contributed by atoms with van der Waals surface area (Å²) >= 11 is 0. The van der Waals surface area contributed by atoms with Gasteiger partial charge in [0.15, 0.2) is 0 Å². The largest absolute Gasteiger partial charge is 0.354 e. The van der Waals surface area contributed by atoms with E-state index in [2.05, 4.69) is 36.7 Å². The molecule has 0 aromatic rings. The fourth-order valence-corrected chi connectivity index (χ4v) is 2.94. The molecule has 134 valence electrons. The average molecular weight is 325 g/mol. The van der Waals surface area contributed by atoms with Gasteiger partial charge in [0, 0.05) is 25.0 Å². The Morgan fingerprint density at radius 1 is 1.04 bits per heavy atom. The molecule has 1 atom stereocenters. The number of carbonyl (C=O) groups is 2. The average Bonchev–Trinajstić information content (AvgIpc) is 2.50. The van der Waals surface area contributed by atoms with Gasteiger partial charge in [-0.25, -0.2) is 4.79 Å². The van der Waals surface area contributed by atoms with Crippen molar-refractivity contribution in [3.63, 3.8) is 0 Å². The SMILES string of the molecule is CC(C)CCC(C)NC(=O)CCCNC(=O)NC1CCCCC1. The van der Waals surface area contributed by atoms with Crippen molar-refractivity contribution in [1.29, 1.82) is 0 Å². The zero-order valence-electron chi connectivity index (χ0n) is 15.1. The highest BCUT2D eigenvalue weighted by Gasteiger charge is 2.15. The molecule has 1 rings (SSSR count). The van der Waals surface area contributed by atoms with Gasteiger partial charge in [0.1, 0.15) is 0 Å². The molecule has 1 unspecified atom stereocenters. The smallest absolute Gasteiger partial charge is 0.315 e. The monoisotopic (exact) mass is 325 g/mol. The Hall–Kier alpha value is -1.26. The normalized spacial score (nSPS) is 16.9. The molecule has 1 aliphatic carbocycles. The summed E-state index contributed by atoms with van der Waals surface area (Å²) in [5, 5.41) is 8.89. The lowest BCUT2D eigenvalue weighted by Crippen LogP contribution is -2.43. The molecule has 0 heterocycles. The van der Waals surface area contributed by atoms with Crippen molar-refractivity contribution in [2.75, 3.05) is 6.54 Å². The summed E-state index contributed by atoms with van der Waals surface area (Å²) in [5.41, 5.74) is 0. The molecule has 0 spiro atoms. The van der Waals surface area contributed by atoms with Gasteiger partial charge in [-0.15, -0.1) is 0 Å². The molecular weight excluding hydrogens is 290 g/mol. The van der Waals surface area contributed by atoms with E-state index in [0.29, 0.717) is 31.3 Å². The second kappa shape index (κ2) is 11.3. The highest BCUT2D eigenvalue weighted by molar-refractivity contribution is 5.76. The molecular formula is C18H35N3O2. The van der Waals surface area contributed by atoms with Crippen molar-refractivity contribution in [2.45, 2.75) is 90.6 Å². The van der Waals surface area contributed by atoms with Crippen LogP contribution >= 0.6 is 0 Å². The van der Waals surface area contributed by atoms with Crippen LogP contribution in [-0.4, -0.2) is 30.6 Å². The van der Waals surface area contributed by atoms with Crippen LogP contribution in [0.15, 0.2) is 0 Å². The van der Waals surface area contributed by atoms with Crippen LogP contribution in [-0.2, 0) is 4.79 Å². The number of carbonyl (C=O) groups excluding carboxylic acids is 2. The maximum Gasteiger partial charge on any atom is 0.315 e. The highest BCUT2D eigenvalue weighted by Crippen LogP contribution is 2.17. The minimum absolute atomic E-state index is 0.0794. The third kappa shape index (κ3) is 10.2. The first-order valence-corrected chi connectivity index (χ1v) is 9.31. The first kappa shape index (κ1) is 19.8. The van der Waals surface area contributed by atoms with Crippen molar-refractivity contribution in [2.24, 2.45) is 5.92 Å². The Balaban J connectivity index is 2.02. The maximum absolute atomic E-state index is 11.8. The number of urea groups is 1. The lowest BCUT2D eigenvalue weighted by atomic mass is 9.96. The quantitative estimate of drug-likeness (QED) is 0.569. The van der Waals surface area contributed by atoms with Crippen LogP contribution in [0.5, 0.6) is 0 Å². The lowest BCUT2D eigenvalue weighted by molar-refractivity contribution is -0.121. The van der Waals surface area contributed by atoms with Crippen LogP contribution in [0.25, 0.3) is 0 Å². The van der Waals surface area contributed by atoms with Gasteiger partial charge < -0.3 is 16.0 Å². The number of hydrogen-bond acceptors (Lipinski definition) is 2. The highest BCUT2D eigenvalue weighted by atomic mass is 16.2. The molecule has 23 heavy (non-hydrogen) atoms. The van der Waals surface area contributed by atoms with Gasteiger partial charge in [-0.2, -0.15) is 0 Å². The summed E-state index contributed by atoms with van der Waals surface area (Å²) in [6, 6.07) is 0.462. The third-order valence-electron chi connectivity index (χ3n) is 4.39. The zero-order chi connectivity index (χ0) is 17.1. The van der Waals surface area contributed by atoms with Crippen molar-refractivity contribution in [3.05, 3.63) is 0 Å². The van der Waals surface area contributed by atoms with E-state index in [0.717, 1.165) is 25.7 Å². The summed E-state index contributed by atoms with van der Waals surface area (Å²) in [5.74, 6) is 0.747. The molecule has 5 heteroatoms. The van der Waals surface area contributed by atoms with Crippen LogP contribution in [0.3, 0.4) is 0 Å². The van der Waals surface area contributed by atoms with E-state index in [1.807, 2.05) is 0 Å². The van der Waals surface area contributed by atoms with Gasteiger partial charge in [0.05, 0.1) is 0 Å². The van der Waals surface area contributed by atoms with E-state index in [1.165, 1.54) is 19.3 Å². The Labute approximate surface area is 141 Å². The number of hydrogen-bond donors (Lipinski definition) is 3. The van der Waals surface area contributed by atoms with Gasteiger partial charge in [0.2, 0.25) is 5.91 Å². The Bertz CT molecular complexity index is 352. The summed E-state index contributed by atoms with van der Waals surface area (Å²) in [7, 11) is 0. The van der Waals surface area contributed by atoms with Crippen LogP contribution < -0.4 is 16.0 Å². The molecule has 3 N–H and O–H groups in total. The van der Waals surface area contributed by atoms with Crippen molar-refractivity contribution >= 4 is 11.9 Å². The molecule has 5 nitrogen and oxygen atoms in total. The van der Waals surface area contributed by atoms with E-state index in [-0.39, 0.29) is 18.0 Å². The fourth-order valence-electron chi connectivity index (χ4n) is 2.94. The van der Waals surface area contributed by atoms with E-state index in [4.69, 9.17) is 0 Å². The first-order valence-electron chi connectivity index (χ1n) is 9.31. The third-order valence-corrected chi connectivity index (χ3v) is 4.39. The summed E-state index contributed by atoms with van der Waals surface area (Å²) in [6.45, 7) is 6.99. The Morgan fingerprint density at radius 2 is 1.74 bits per heavy atom. The standard InChI is InChI=1S/C18H35N3O2/c1-14(2)11-12-15(3)20-17(22)10-7-13-19-18(23)21-16-8-5-4-6-9-16/h14-16H,4-13H2,1-3H3,(H,20,22)(H2,19,21,23). The molecule has 3 amide bonds. The first-order chi connectivity index (χ1) is 11.0. The van der Waals surface area contributed by atoms with Crippen molar-refractivity contribution < 1.29 is 9.59 Å². The summed E-state index contributed by atoms with van der Waals surface area (Å²) in [6.07, 6.45) is 9.17. The number of nitrogens with one attached hydrogen (secondary N) is 3. The van der Waals surface area contributed by atoms with Crippen molar-refractivity contribution in [1.82, 2.24) is 16.0 Å². The van der Waals surface area contributed by atoms with Crippen LogP contribution in [0.4, 0.5) is 4.79 Å². The van der Waals surface area contributed by atoms with Gasteiger partial charge in [-0.3, -0.25) is 4.79 Å². The molecule has 0 radical (unpaired) electrons. The predicted molar refractivity (Wildman–Crippen MR) is 94.3 cm³/mol. The molecule has 0 aromatic heterocycles. The lowest BCUT2D eigenvalue weighted by Gasteiger charge is -2.22. The Morgan fingerprint density at radius 3 is 2.39 bits per heavy atom. The van der Waals surface area contributed by atoms with Crippen LogP contribution in [0, 0.1) is 5.92 Å². The topological polar surface area (TPSA) is 70.2 Å². The second-order valence-electron chi connectivity index (χ2n) is 7.28. The molecule has 1 saturated carbocycles. The maximum atomic E-state index is 11.8. The van der Waals surface area contributed by atoms with Crippen molar-refractivity contribution in [3.8, 4) is 0 Å². The molecule has 1 fully saturated rings. The number of rotatable bonds is 9. The molecule has 0 bridgehead atoms. The Kier molecular flexibility index (Phi) is 9.72.